The van der Waals surface area contributed by atoms with Gasteiger partial charge >= 0.3 is 5.97 Å². The van der Waals surface area contributed by atoms with Crippen molar-refractivity contribution in [3.63, 3.8) is 0 Å². The predicted molar refractivity (Wildman–Crippen MR) is 79.6 cm³/mol. The first kappa shape index (κ1) is 15.4. The van der Waals surface area contributed by atoms with Crippen molar-refractivity contribution in [3.05, 3.63) is 53.9 Å². The first-order valence-corrected chi connectivity index (χ1v) is 6.99. The Hall–Kier alpha value is -1.68. The Morgan fingerprint density at radius 3 is 2.37 bits per heavy atom. The van der Waals surface area contributed by atoms with E-state index in [0.717, 1.165) is 10.5 Å². The SMILES string of the molecule is CC.COC(=O)c1c(C)ccn1Sc1ccccc1. The van der Waals surface area contributed by atoms with Crippen molar-refractivity contribution in [1.29, 1.82) is 0 Å². The third-order valence-electron chi connectivity index (χ3n) is 2.38. The Labute approximate surface area is 118 Å². The number of benzene rings is 1. The summed E-state index contributed by atoms with van der Waals surface area (Å²) in [5, 5.41) is 0. The molecule has 0 unspecified atom stereocenters. The van der Waals surface area contributed by atoms with E-state index >= 15 is 0 Å². The van der Waals surface area contributed by atoms with Crippen molar-refractivity contribution >= 4 is 17.9 Å². The Morgan fingerprint density at radius 2 is 1.79 bits per heavy atom. The molecule has 2 rings (SSSR count). The maximum atomic E-state index is 11.7. The lowest BCUT2D eigenvalue weighted by Crippen LogP contribution is -2.07. The molecule has 102 valence electrons. The van der Waals surface area contributed by atoms with Gasteiger partial charge in [-0.15, -0.1) is 0 Å². The summed E-state index contributed by atoms with van der Waals surface area (Å²) in [6, 6.07) is 11.8. The van der Waals surface area contributed by atoms with Gasteiger partial charge in [-0.05, 0) is 42.6 Å². The van der Waals surface area contributed by atoms with Crippen molar-refractivity contribution in [3.8, 4) is 0 Å². The van der Waals surface area contributed by atoms with E-state index in [2.05, 4.69) is 0 Å². The third kappa shape index (κ3) is 3.89. The number of carbonyl (C=O) groups excluding carboxylic acids is 1. The van der Waals surface area contributed by atoms with Crippen molar-refractivity contribution in [1.82, 2.24) is 3.97 Å². The largest absolute Gasteiger partial charge is 0.464 e. The second-order valence-corrected chi connectivity index (χ2v) is 4.62. The molecule has 0 aliphatic carbocycles. The molecule has 0 N–H and O–H groups in total. The van der Waals surface area contributed by atoms with E-state index in [9.17, 15) is 4.79 Å². The normalized spacial score (nSPS) is 9.47. The number of rotatable bonds is 3. The summed E-state index contributed by atoms with van der Waals surface area (Å²) in [7, 11) is 1.40. The number of ether oxygens (including phenoxy) is 1. The van der Waals surface area contributed by atoms with Crippen LogP contribution < -0.4 is 0 Å². The molecule has 0 atom stereocenters. The standard InChI is InChI=1S/C13H13NO2S.C2H6/c1-10-8-9-14(12(10)13(15)16-2)17-11-6-4-3-5-7-11;1-2/h3-9H,1-2H3;1-2H3. The van der Waals surface area contributed by atoms with Crippen molar-refractivity contribution < 1.29 is 9.53 Å². The topological polar surface area (TPSA) is 31.2 Å². The van der Waals surface area contributed by atoms with Crippen LogP contribution in [0.3, 0.4) is 0 Å². The van der Waals surface area contributed by atoms with Gasteiger partial charge in [0.25, 0.3) is 0 Å². The van der Waals surface area contributed by atoms with Crippen LogP contribution in [0.5, 0.6) is 0 Å². The van der Waals surface area contributed by atoms with Crippen LogP contribution in [-0.2, 0) is 4.74 Å². The van der Waals surface area contributed by atoms with Gasteiger partial charge in [-0.1, -0.05) is 32.0 Å². The number of esters is 1. The zero-order chi connectivity index (χ0) is 14.3. The maximum Gasteiger partial charge on any atom is 0.355 e. The summed E-state index contributed by atoms with van der Waals surface area (Å²) in [6.07, 6.45) is 1.87. The Kier molecular flexibility index (Phi) is 6.22. The lowest BCUT2D eigenvalue weighted by atomic mass is 10.3. The molecule has 4 heteroatoms. The Bertz CT molecular complexity index is 520. The van der Waals surface area contributed by atoms with E-state index in [1.54, 1.807) is 0 Å². The molecule has 0 saturated carbocycles. The van der Waals surface area contributed by atoms with E-state index in [1.165, 1.54) is 19.1 Å². The summed E-state index contributed by atoms with van der Waals surface area (Å²) in [4.78, 5) is 12.7. The van der Waals surface area contributed by atoms with Gasteiger partial charge in [0.05, 0.1) is 7.11 Å². The van der Waals surface area contributed by atoms with E-state index < -0.39 is 0 Å². The molecule has 1 aromatic carbocycles. The minimum atomic E-state index is -0.309. The van der Waals surface area contributed by atoms with Gasteiger partial charge in [0.1, 0.15) is 5.69 Å². The molecule has 0 saturated heterocycles. The number of aromatic nitrogens is 1. The smallest absolute Gasteiger partial charge is 0.355 e. The molecular formula is C15H19NO2S. The number of aryl methyl sites for hydroxylation is 1. The fraction of sp³-hybridized carbons (Fsp3) is 0.267. The highest BCUT2D eigenvalue weighted by atomic mass is 32.2. The first-order chi connectivity index (χ1) is 9.22. The van der Waals surface area contributed by atoms with E-state index in [4.69, 9.17) is 4.74 Å². The highest BCUT2D eigenvalue weighted by molar-refractivity contribution is 7.97. The van der Waals surface area contributed by atoms with E-state index in [1.807, 2.05) is 67.3 Å². The first-order valence-electron chi connectivity index (χ1n) is 6.22. The summed E-state index contributed by atoms with van der Waals surface area (Å²) >= 11 is 1.49. The molecule has 0 fully saturated rings. The Morgan fingerprint density at radius 1 is 1.16 bits per heavy atom. The van der Waals surface area contributed by atoms with E-state index in [-0.39, 0.29) is 5.97 Å². The van der Waals surface area contributed by atoms with Crippen LogP contribution in [0.25, 0.3) is 0 Å². The molecule has 0 aliphatic heterocycles. The summed E-state index contributed by atoms with van der Waals surface area (Å²) < 4.78 is 6.61. The van der Waals surface area contributed by atoms with Crippen molar-refractivity contribution in [2.45, 2.75) is 25.7 Å². The predicted octanol–water partition coefficient (Wildman–Crippen LogP) is 4.16. The van der Waals surface area contributed by atoms with Crippen LogP contribution in [0.2, 0.25) is 0 Å². The molecular weight excluding hydrogens is 258 g/mol. The van der Waals surface area contributed by atoms with Crippen LogP contribution in [0.4, 0.5) is 0 Å². The molecule has 3 nitrogen and oxygen atoms in total. The van der Waals surface area contributed by atoms with Gasteiger partial charge in [-0.3, -0.25) is 3.97 Å². The molecule has 1 heterocycles. The number of hydrogen-bond acceptors (Lipinski definition) is 3. The molecule has 0 amide bonds. The molecule has 1 aromatic heterocycles. The number of hydrogen-bond donors (Lipinski definition) is 0. The van der Waals surface area contributed by atoms with Crippen LogP contribution in [0, 0.1) is 6.92 Å². The molecule has 0 radical (unpaired) electrons. The fourth-order valence-electron chi connectivity index (χ4n) is 1.53. The number of nitrogens with zero attached hydrogens (tertiary/aromatic N) is 1. The monoisotopic (exact) mass is 277 g/mol. The van der Waals surface area contributed by atoms with Crippen molar-refractivity contribution in [2.24, 2.45) is 0 Å². The average molecular weight is 277 g/mol. The number of methoxy groups -OCH3 is 1. The van der Waals surface area contributed by atoms with Crippen LogP contribution >= 0.6 is 11.9 Å². The minimum absolute atomic E-state index is 0.309. The second kappa shape index (κ2) is 7.69. The lowest BCUT2D eigenvalue weighted by Gasteiger charge is -2.07. The quantitative estimate of drug-likeness (QED) is 0.789. The highest BCUT2D eigenvalue weighted by Gasteiger charge is 2.15. The van der Waals surface area contributed by atoms with Gasteiger partial charge in [0.2, 0.25) is 0 Å². The third-order valence-corrected chi connectivity index (χ3v) is 3.36. The highest BCUT2D eigenvalue weighted by Crippen LogP contribution is 2.24. The van der Waals surface area contributed by atoms with Gasteiger partial charge in [-0.2, -0.15) is 0 Å². The van der Waals surface area contributed by atoms with Gasteiger partial charge in [0, 0.05) is 11.1 Å². The number of carbonyl (C=O) groups is 1. The maximum absolute atomic E-state index is 11.7. The van der Waals surface area contributed by atoms with Crippen molar-refractivity contribution in [2.75, 3.05) is 7.11 Å². The molecule has 0 aliphatic rings. The van der Waals surface area contributed by atoms with Crippen LogP contribution in [0.1, 0.15) is 29.9 Å². The molecule has 19 heavy (non-hydrogen) atoms. The minimum Gasteiger partial charge on any atom is -0.464 e. The van der Waals surface area contributed by atoms with E-state index in [0.29, 0.717) is 5.69 Å². The fourth-order valence-corrected chi connectivity index (χ4v) is 2.46. The summed E-state index contributed by atoms with van der Waals surface area (Å²) in [5.41, 5.74) is 1.50. The Balaban J connectivity index is 0.000000861. The van der Waals surface area contributed by atoms with Crippen LogP contribution in [0.15, 0.2) is 47.5 Å². The van der Waals surface area contributed by atoms with Gasteiger partial charge < -0.3 is 4.74 Å². The van der Waals surface area contributed by atoms with Crippen LogP contribution in [-0.4, -0.2) is 17.1 Å². The average Bonchev–Trinajstić information content (AvgIpc) is 2.82. The zero-order valence-electron chi connectivity index (χ0n) is 11.7. The molecule has 0 bridgehead atoms. The molecule has 2 aromatic rings. The summed E-state index contributed by atoms with van der Waals surface area (Å²) in [6.45, 7) is 5.90. The molecule has 0 spiro atoms. The second-order valence-electron chi connectivity index (χ2n) is 3.57. The lowest BCUT2D eigenvalue weighted by molar-refractivity contribution is 0.0592. The summed E-state index contributed by atoms with van der Waals surface area (Å²) in [5.74, 6) is -0.309. The van der Waals surface area contributed by atoms with Gasteiger partial charge in [0.15, 0.2) is 0 Å². The van der Waals surface area contributed by atoms with Gasteiger partial charge in [-0.25, -0.2) is 4.79 Å². The zero-order valence-corrected chi connectivity index (χ0v) is 12.5.